The fourth-order valence-electron chi connectivity index (χ4n) is 2.53. The molecule has 0 atom stereocenters. The molecule has 12 nitrogen and oxygen atoms in total. The number of carbonyl (C=O) groups excluding carboxylic acids is 2. The van der Waals surface area contributed by atoms with Crippen molar-refractivity contribution in [3.05, 3.63) is 80.5 Å². The van der Waals surface area contributed by atoms with Crippen LogP contribution in [0.15, 0.2) is 58.8 Å². The van der Waals surface area contributed by atoms with Gasteiger partial charge in [-0.2, -0.15) is 0 Å². The van der Waals surface area contributed by atoms with Crippen molar-refractivity contribution in [1.82, 2.24) is 20.9 Å². The Morgan fingerprint density at radius 2 is 1.12 bits per heavy atom. The Labute approximate surface area is 199 Å². The van der Waals surface area contributed by atoms with Gasteiger partial charge in [0.15, 0.2) is 0 Å². The van der Waals surface area contributed by atoms with Gasteiger partial charge in [0.1, 0.15) is 16.4 Å². The summed E-state index contributed by atoms with van der Waals surface area (Å²) in [6.45, 7) is 0. The molecule has 0 saturated carbocycles. The molecule has 0 saturated heterocycles. The van der Waals surface area contributed by atoms with Gasteiger partial charge in [0.05, 0.1) is 0 Å². The van der Waals surface area contributed by atoms with Crippen LogP contribution in [0.1, 0.15) is 17.5 Å². The molecule has 0 aliphatic heterocycles. The zero-order valence-electron chi connectivity index (χ0n) is 17.5. The van der Waals surface area contributed by atoms with Crippen LogP contribution < -0.4 is 10.9 Å². The highest BCUT2D eigenvalue weighted by Crippen LogP contribution is 2.15. The van der Waals surface area contributed by atoms with E-state index < -0.39 is 18.2 Å². The molecule has 0 bridgehead atoms. The number of thiocarbonyl (C=S) groups is 2. The average molecular weight is 483 g/mol. The quantitative estimate of drug-likeness (QED) is 0.158. The summed E-state index contributed by atoms with van der Waals surface area (Å²) in [5, 5.41) is 9.58. The molecule has 0 aliphatic rings. The standard InChI is InChI=1S/C19H18N10O2S2/c1-28(18(32)12-3-7-14(8-4-12)22-26-20)24-16(30)11-17(31)25-29(2)19(33)13-5-9-15(10-6-13)23-27-21/h3-10H,11H2,1-2H3,(H,24,30)(H,25,31). The molecule has 33 heavy (non-hydrogen) atoms. The first-order valence-corrected chi connectivity index (χ1v) is 10.0. The second-order valence-electron chi connectivity index (χ2n) is 6.45. The smallest absolute Gasteiger partial charge is 0.248 e. The molecule has 0 fully saturated rings. The third-order valence-electron chi connectivity index (χ3n) is 4.06. The van der Waals surface area contributed by atoms with Crippen LogP contribution in [0.5, 0.6) is 0 Å². The van der Waals surface area contributed by atoms with E-state index in [1.54, 1.807) is 62.6 Å². The molecule has 0 heterocycles. The number of rotatable bonds is 6. The minimum Gasteiger partial charge on any atom is -0.277 e. The summed E-state index contributed by atoms with van der Waals surface area (Å²) in [5.74, 6) is -1.16. The lowest BCUT2D eigenvalue weighted by Gasteiger charge is -2.23. The molecule has 0 spiro atoms. The number of amides is 2. The number of carbonyl (C=O) groups is 2. The zero-order chi connectivity index (χ0) is 24.4. The van der Waals surface area contributed by atoms with Crippen molar-refractivity contribution in [3.63, 3.8) is 0 Å². The van der Waals surface area contributed by atoms with E-state index >= 15 is 0 Å². The molecule has 2 aromatic rings. The van der Waals surface area contributed by atoms with Gasteiger partial charge < -0.3 is 0 Å². The molecule has 2 rings (SSSR count). The summed E-state index contributed by atoms with van der Waals surface area (Å²) in [6, 6.07) is 13.0. The van der Waals surface area contributed by atoms with Crippen LogP contribution in [0.4, 0.5) is 11.4 Å². The lowest BCUT2D eigenvalue weighted by molar-refractivity contribution is -0.132. The second-order valence-corrected chi connectivity index (χ2v) is 7.22. The van der Waals surface area contributed by atoms with E-state index in [9.17, 15) is 9.59 Å². The number of azide groups is 2. The summed E-state index contributed by atoms with van der Waals surface area (Å²) >= 11 is 10.6. The lowest BCUT2D eigenvalue weighted by atomic mass is 10.2. The summed E-state index contributed by atoms with van der Waals surface area (Å²) in [7, 11) is 3.08. The Morgan fingerprint density at radius 1 is 0.788 bits per heavy atom. The lowest BCUT2D eigenvalue weighted by Crippen LogP contribution is -2.47. The highest BCUT2D eigenvalue weighted by atomic mass is 32.1. The third kappa shape index (κ3) is 7.45. The van der Waals surface area contributed by atoms with Crippen LogP contribution in [0.3, 0.4) is 0 Å². The monoisotopic (exact) mass is 482 g/mol. The molecular weight excluding hydrogens is 464 g/mol. The number of hydrogen-bond acceptors (Lipinski definition) is 6. The first-order valence-electron chi connectivity index (χ1n) is 9.20. The molecule has 0 aliphatic carbocycles. The average Bonchev–Trinajstić information content (AvgIpc) is 2.79. The van der Waals surface area contributed by atoms with Gasteiger partial charge in [-0.3, -0.25) is 30.5 Å². The van der Waals surface area contributed by atoms with Crippen LogP contribution in [0.25, 0.3) is 20.9 Å². The summed E-state index contributed by atoms with van der Waals surface area (Å²) in [4.78, 5) is 30.5. The number of nitrogens with zero attached hydrogens (tertiary/aromatic N) is 8. The Balaban J connectivity index is 1.87. The van der Waals surface area contributed by atoms with Crippen molar-refractivity contribution in [2.75, 3.05) is 14.1 Å². The maximum absolute atomic E-state index is 12.2. The fraction of sp³-hybridized carbons (Fsp3) is 0.158. The largest absolute Gasteiger partial charge is 0.277 e. The Bertz CT molecular complexity index is 1060. The summed E-state index contributed by atoms with van der Waals surface area (Å²) in [5.41, 5.74) is 24.0. The van der Waals surface area contributed by atoms with Crippen LogP contribution in [-0.2, 0) is 9.59 Å². The van der Waals surface area contributed by atoms with E-state index in [-0.39, 0.29) is 0 Å². The molecule has 0 unspecified atom stereocenters. The van der Waals surface area contributed by atoms with Gasteiger partial charge in [0.2, 0.25) is 11.8 Å². The van der Waals surface area contributed by atoms with Gasteiger partial charge in [-0.15, -0.1) is 0 Å². The molecule has 168 valence electrons. The van der Waals surface area contributed by atoms with E-state index in [1.165, 1.54) is 10.0 Å². The highest BCUT2D eigenvalue weighted by Gasteiger charge is 2.16. The van der Waals surface area contributed by atoms with E-state index in [2.05, 4.69) is 30.9 Å². The Hall–Kier alpha value is -4.22. The van der Waals surface area contributed by atoms with Gasteiger partial charge in [0, 0.05) is 46.4 Å². The maximum atomic E-state index is 12.2. The highest BCUT2D eigenvalue weighted by molar-refractivity contribution is 7.80. The number of hydrogen-bond donors (Lipinski definition) is 2. The van der Waals surface area contributed by atoms with Crippen molar-refractivity contribution >= 4 is 57.6 Å². The first kappa shape index (κ1) is 25.0. The third-order valence-corrected chi connectivity index (χ3v) is 5.08. The van der Waals surface area contributed by atoms with Crippen molar-refractivity contribution in [2.24, 2.45) is 10.2 Å². The van der Waals surface area contributed by atoms with Gasteiger partial charge in [-0.25, -0.2) is 0 Å². The van der Waals surface area contributed by atoms with Gasteiger partial charge in [-0.1, -0.05) is 83.2 Å². The number of hydrazine groups is 2. The second kappa shape index (κ2) is 12.0. The minimum atomic E-state index is -0.582. The molecular formula is C19H18N10O2S2. The predicted molar refractivity (Wildman–Crippen MR) is 130 cm³/mol. The normalized spacial score (nSPS) is 9.52. The van der Waals surface area contributed by atoms with Crippen molar-refractivity contribution < 1.29 is 9.59 Å². The number of benzene rings is 2. The SMILES string of the molecule is CN(NC(=O)CC(=O)NN(C)C(=S)c1ccc(N=[N+]=[N-])cc1)C(=S)c1ccc(N=[N+]=[N-])cc1. The molecule has 0 aromatic heterocycles. The molecule has 2 aromatic carbocycles. The van der Waals surface area contributed by atoms with E-state index in [4.69, 9.17) is 35.5 Å². The van der Waals surface area contributed by atoms with Crippen LogP contribution in [0, 0.1) is 0 Å². The van der Waals surface area contributed by atoms with Crippen LogP contribution in [0.2, 0.25) is 0 Å². The molecule has 2 amide bonds. The number of nitrogens with one attached hydrogen (secondary N) is 2. The zero-order valence-corrected chi connectivity index (χ0v) is 19.2. The van der Waals surface area contributed by atoms with Crippen LogP contribution in [-0.4, -0.2) is 45.9 Å². The van der Waals surface area contributed by atoms with Crippen LogP contribution >= 0.6 is 24.4 Å². The fourth-order valence-corrected chi connectivity index (χ4v) is 2.90. The van der Waals surface area contributed by atoms with E-state index in [1.807, 2.05) is 0 Å². The van der Waals surface area contributed by atoms with E-state index in [0.717, 1.165) is 0 Å². The molecule has 2 N–H and O–H groups in total. The maximum Gasteiger partial charge on any atom is 0.248 e. The van der Waals surface area contributed by atoms with Crippen molar-refractivity contribution in [3.8, 4) is 0 Å². The van der Waals surface area contributed by atoms with Crippen molar-refractivity contribution in [1.29, 1.82) is 0 Å². The topological polar surface area (TPSA) is 162 Å². The molecule has 14 heteroatoms. The predicted octanol–water partition coefficient (Wildman–Crippen LogP) is 3.94. The first-order chi connectivity index (χ1) is 15.7. The summed E-state index contributed by atoms with van der Waals surface area (Å²) < 4.78 is 0. The van der Waals surface area contributed by atoms with Crippen molar-refractivity contribution in [2.45, 2.75) is 6.42 Å². The summed E-state index contributed by atoms with van der Waals surface area (Å²) in [6.07, 6.45) is -0.467. The van der Waals surface area contributed by atoms with Gasteiger partial charge in [-0.05, 0) is 11.1 Å². The Morgan fingerprint density at radius 3 is 1.42 bits per heavy atom. The molecule has 0 radical (unpaired) electrons. The Kier molecular flexibility index (Phi) is 9.09. The minimum absolute atomic E-state index is 0.304. The van der Waals surface area contributed by atoms with E-state index in [0.29, 0.717) is 32.5 Å². The van der Waals surface area contributed by atoms with Gasteiger partial charge in [0.25, 0.3) is 0 Å². The van der Waals surface area contributed by atoms with Gasteiger partial charge >= 0.3 is 0 Å².